The largest absolute Gasteiger partial charge is 0.383 e. The molecule has 1 aromatic heterocycles. The van der Waals surface area contributed by atoms with Crippen LogP contribution in [0.3, 0.4) is 0 Å². The topological polar surface area (TPSA) is 76.6 Å². The minimum absolute atomic E-state index is 0.0343. The van der Waals surface area contributed by atoms with Crippen LogP contribution in [0.2, 0.25) is 0 Å². The van der Waals surface area contributed by atoms with E-state index in [4.69, 9.17) is 4.74 Å². The van der Waals surface area contributed by atoms with Crippen molar-refractivity contribution in [1.29, 1.82) is 0 Å². The molecule has 1 unspecified atom stereocenters. The molecule has 8 heteroatoms. The SMILES string of the molecule is COCCN(C(=O)c1cscn1)C1CCS(=O)(=O)C1. The van der Waals surface area contributed by atoms with Gasteiger partial charge in [-0.15, -0.1) is 11.3 Å². The summed E-state index contributed by atoms with van der Waals surface area (Å²) < 4.78 is 28.1. The highest BCUT2D eigenvalue weighted by Gasteiger charge is 2.35. The van der Waals surface area contributed by atoms with E-state index in [1.54, 1.807) is 22.9 Å². The molecule has 2 heterocycles. The predicted octanol–water partition coefficient (Wildman–Crippen LogP) is 0.419. The molecule has 1 fully saturated rings. The number of nitrogens with zero attached hydrogens (tertiary/aromatic N) is 2. The van der Waals surface area contributed by atoms with Crippen LogP contribution in [-0.4, -0.2) is 62.0 Å². The maximum atomic E-state index is 12.3. The van der Waals surface area contributed by atoms with Crippen LogP contribution in [-0.2, 0) is 14.6 Å². The molecule has 0 N–H and O–H groups in total. The fourth-order valence-electron chi connectivity index (χ4n) is 2.13. The Morgan fingerprint density at radius 3 is 2.95 bits per heavy atom. The second-order valence-electron chi connectivity index (χ2n) is 4.42. The number of amides is 1. The van der Waals surface area contributed by atoms with Crippen molar-refractivity contribution in [2.24, 2.45) is 0 Å². The number of thiazole rings is 1. The molecule has 0 saturated carbocycles. The van der Waals surface area contributed by atoms with Crippen molar-refractivity contribution >= 4 is 27.1 Å². The van der Waals surface area contributed by atoms with Crippen LogP contribution < -0.4 is 0 Å². The first-order chi connectivity index (χ1) is 9.03. The summed E-state index contributed by atoms with van der Waals surface area (Å²) in [6.07, 6.45) is 0.488. The maximum absolute atomic E-state index is 12.3. The zero-order valence-corrected chi connectivity index (χ0v) is 12.2. The number of carbonyl (C=O) groups is 1. The number of methoxy groups -OCH3 is 1. The lowest BCUT2D eigenvalue weighted by atomic mass is 10.2. The predicted molar refractivity (Wildman–Crippen MR) is 72.1 cm³/mol. The fraction of sp³-hybridized carbons (Fsp3) is 0.636. The van der Waals surface area contributed by atoms with Crippen molar-refractivity contribution in [1.82, 2.24) is 9.88 Å². The Hall–Kier alpha value is -0.990. The zero-order valence-electron chi connectivity index (χ0n) is 10.6. The fourth-order valence-corrected chi connectivity index (χ4v) is 4.38. The highest BCUT2D eigenvalue weighted by atomic mass is 32.2. The van der Waals surface area contributed by atoms with Crippen molar-refractivity contribution in [3.8, 4) is 0 Å². The van der Waals surface area contributed by atoms with Crippen LogP contribution in [0.1, 0.15) is 16.9 Å². The molecule has 0 spiro atoms. The molecule has 0 aliphatic carbocycles. The normalized spacial score (nSPS) is 21.4. The van der Waals surface area contributed by atoms with Crippen LogP contribution in [0.5, 0.6) is 0 Å². The molecule has 0 radical (unpaired) electrons. The van der Waals surface area contributed by atoms with Gasteiger partial charge in [0, 0.05) is 25.1 Å². The van der Waals surface area contributed by atoms with E-state index in [-0.39, 0.29) is 23.5 Å². The summed E-state index contributed by atoms with van der Waals surface area (Å²) in [6.45, 7) is 0.763. The molecule has 106 valence electrons. The molecular weight excluding hydrogens is 288 g/mol. The lowest BCUT2D eigenvalue weighted by Crippen LogP contribution is -2.43. The number of hydrogen-bond donors (Lipinski definition) is 0. The molecule has 19 heavy (non-hydrogen) atoms. The molecule has 2 rings (SSSR count). The number of rotatable bonds is 5. The molecule has 1 atom stereocenters. The molecule has 6 nitrogen and oxygen atoms in total. The average Bonchev–Trinajstić information content (AvgIpc) is 2.99. The molecule has 1 amide bonds. The van der Waals surface area contributed by atoms with E-state index in [2.05, 4.69) is 4.98 Å². The van der Waals surface area contributed by atoms with Gasteiger partial charge in [0.25, 0.3) is 5.91 Å². The summed E-state index contributed by atoms with van der Waals surface area (Å²) in [7, 11) is -1.47. The minimum atomic E-state index is -3.02. The Balaban J connectivity index is 2.14. The lowest BCUT2D eigenvalue weighted by molar-refractivity contribution is 0.0619. The Morgan fingerprint density at radius 1 is 1.63 bits per heavy atom. The van der Waals surface area contributed by atoms with E-state index in [0.29, 0.717) is 25.3 Å². The van der Waals surface area contributed by atoms with E-state index in [1.165, 1.54) is 11.3 Å². The van der Waals surface area contributed by atoms with Gasteiger partial charge >= 0.3 is 0 Å². The second kappa shape index (κ2) is 5.98. The molecule has 0 aromatic carbocycles. The third-order valence-electron chi connectivity index (χ3n) is 3.10. The van der Waals surface area contributed by atoms with Gasteiger partial charge in [-0.1, -0.05) is 0 Å². The Bertz CT molecular complexity index is 527. The van der Waals surface area contributed by atoms with Crippen molar-refractivity contribution in [3.63, 3.8) is 0 Å². The van der Waals surface area contributed by atoms with Gasteiger partial charge in [-0.2, -0.15) is 0 Å². The average molecular weight is 304 g/mol. The van der Waals surface area contributed by atoms with E-state index in [1.807, 2.05) is 0 Å². The van der Waals surface area contributed by atoms with Crippen LogP contribution >= 0.6 is 11.3 Å². The Morgan fingerprint density at radius 2 is 2.42 bits per heavy atom. The van der Waals surface area contributed by atoms with Crippen molar-refractivity contribution in [2.45, 2.75) is 12.5 Å². The van der Waals surface area contributed by atoms with E-state index < -0.39 is 9.84 Å². The van der Waals surface area contributed by atoms with Gasteiger partial charge in [-0.3, -0.25) is 4.79 Å². The quantitative estimate of drug-likeness (QED) is 0.788. The molecular formula is C11H16N2O4S2. The van der Waals surface area contributed by atoms with E-state index in [9.17, 15) is 13.2 Å². The number of carbonyl (C=O) groups excluding carboxylic acids is 1. The molecule has 0 bridgehead atoms. The third-order valence-corrected chi connectivity index (χ3v) is 5.43. The van der Waals surface area contributed by atoms with Crippen molar-refractivity contribution in [3.05, 3.63) is 16.6 Å². The van der Waals surface area contributed by atoms with Gasteiger partial charge in [-0.05, 0) is 6.42 Å². The molecule has 1 saturated heterocycles. The molecule has 1 aromatic rings. The minimum Gasteiger partial charge on any atom is -0.383 e. The summed E-state index contributed by atoms with van der Waals surface area (Å²) in [6, 6.07) is -0.269. The van der Waals surface area contributed by atoms with Crippen LogP contribution in [0.15, 0.2) is 10.9 Å². The van der Waals surface area contributed by atoms with Crippen molar-refractivity contribution in [2.75, 3.05) is 31.8 Å². The standard InChI is InChI=1S/C11H16N2O4S2/c1-17-4-3-13(9-2-5-19(15,16)7-9)11(14)10-6-18-8-12-10/h6,8-9H,2-5,7H2,1H3. The number of ether oxygens (including phenoxy) is 1. The highest BCUT2D eigenvalue weighted by Crippen LogP contribution is 2.20. The van der Waals surface area contributed by atoms with Crippen molar-refractivity contribution < 1.29 is 17.9 Å². The third kappa shape index (κ3) is 3.52. The van der Waals surface area contributed by atoms with Gasteiger partial charge in [0.15, 0.2) is 9.84 Å². The Kier molecular flexibility index (Phi) is 4.54. The highest BCUT2D eigenvalue weighted by molar-refractivity contribution is 7.91. The first kappa shape index (κ1) is 14.4. The van der Waals surface area contributed by atoms with Crippen LogP contribution in [0.25, 0.3) is 0 Å². The van der Waals surface area contributed by atoms with Crippen LogP contribution in [0.4, 0.5) is 0 Å². The summed E-state index contributed by atoms with van der Waals surface area (Å²) in [4.78, 5) is 17.9. The smallest absolute Gasteiger partial charge is 0.273 e. The van der Waals surface area contributed by atoms with Gasteiger partial charge in [-0.25, -0.2) is 13.4 Å². The maximum Gasteiger partial charge on any atom is 0.273 e. The summed E-state index contributed by atoms with van der Waals surface area (Å²) in [5.74, 6) is -0.0432. The Labute approximate surface area is 116 Å². The summed E-state index contributed by atoms with van der Waals surface area (Å²) >= 11 is 1.34. The number of aromatic nitrogens is 1. The monoisotopic (exact) mass is 304 g/mol. The zero-order chi connectivity index (χ0) is 13.9. The van der Waals surface area contributed by atoms with Gasteiger partial charge in [0.1, 0.15) is 5.69 Å². The summed E-state index contributed by atoms with van der Waals surface area (Å²) in [5.41, 5.74) is 1.96. The number of hydrogen-bond acceptors (Lipinski definition) is 6. The van der Waals surface area contributed by atoms with E-state index in [0.717, 1.165) is 0 Å². The van der Waals surface area contributed by atoms with E-state index >= 15 is 0 Å². The van der Waals surface area contributed by atoms with Crippen LogP contribution in [0, 0.1) is 0 Å². The summed E-state index contributed by atoms with van der Waals surface area (Å²) in [5, 5.41) is 1.67. The first-order valence-corrected chi connectivity index (χ1v) is 8.68. The van der Waals surface area contributed by atoms with Gasteiger partial charge in [0.05, 0.1) is 23.6 Å². The first-order valence-electron chi connectivity index (χ1n) is 5.92. The molecule has 1 aliphatic rings. The van der Waals surface area contributed by atoms with Gasteiger partial charge < -0.3 is 9.64 Å². The number of sulfone groups is 1. The second-order valence-corrected chi connectivity index (χ2v) is 7.37. The lowest BCUT2D eigenvalue weighted by Gasteiger charge is -2.27. The van der Waals surface area contributed by atoms with Gasteiger partial charge in [0.2, 0.25) is 0 Å². The molecule has 1 aliphatic heterocycles.